The van der Waals surface area contributed by atoms with Crippen LogP contribution in [0.3, 0.4) is 0 Å². The fourth-order valence-corrected chi connectivity index (χ4v) is 3.85. The molecule has 0 atom stereocenters. The van der Waals surface area contributed by atoms with E-state index in [4.69, 9.17) is 4.74 Å². The van der Waals surface area contributed by atoms with Gasteiger partial charge < -0.3 is 10.1 Å². The minimum Gasteiger partial charge on any atom is -0.496 e. The topological polar surface area (TPSA) is 50.7 Å². The van der Waals surface area contributed by atoms with Crippen LogP contribution in [0.4, 0.5) is 5.69 Å². The number of methoxy groups -OCH3 is 1. The highest BCUT2D eigenvalue weighted by Gasteiger charge is 2.24. The van der Waals surface area contributed by atoms with Crippen molar-refractivity contribution in [3.63, 3.8) is 0 Å². The van der Waals surface area contributed by atoms with E-state index in [1.165, 1.54) is 11.8 Å². The van der Waals surface area contributed by atoms with Crippen LogP contribution in [-0.2, 0) is 4.79 Å². The first-order valence-corrected chi connectivity index (χ1v) is 9.38. The van der Waals surface area contributed by atoms with Crippen LogP contribution in [0.25, 0.3) is 16.8 Å². The molecule has 0 aliphatic carbocycles. The molecular weight excluding hydrogens is 356 g/mol. The lowest BCUT2D eigenvalue weighted by Crippen LogP contribution is -2.19. The van der Waals surface area contributed by atoms with Crippen molar-refractivity contribution >= 4 is 45.4 Å². The number of benzene rings is 3. The number of nitrogens with zero attached hydrogens (tertiary/aromatic N) is 1. The Morgan fingerprint density at radius 2 is 1.93 bits per heavy atom. The SMILES string of the molecule is COc1ccc2ccccc2c1/C=C1/SC(=Nc2cccc(C)c2)NC1=O. The van der Waals surface area contributed by atoms with Gasteiger partial charge in [-0.2, -0.15) is 0 Å². The van der Waals surface area contributed by atoms with Crippen LogP contribution in [-0.4, -0.2) is 18.2 Å². The zero-order valence-electron chi connectivity index (χ0n) is 15.0. The second kappa shape index (κ2) is 7.29. The summed E-state index contributed by atoms with van der Waals surface area (Å²) >= 11 is 1.34. The largest absolute Gasteiger partial charge is 0.496 e. The minimum absolute atomic E-state index is 0.151. The number of thioether (sulfide) groups is 1. The molecule has 27 heavy (non-hydrogen) atoms. The Labute approximate surface area is 162 Å². The van der Waals surface area contributed by atoms with Crippen molar-refractivity contribution in [1.29, 1.82) is 0 Å². The van der Waals surface area contributed by atoms with E-state index in [1.807, 2.05) is 73.7 Å². The summed E-state index contributed by atoms with van der Waals surface area (Å²) < 4.78 is 5.52. The molecule has 0 saturated carbocycles. The Kier molecular flexibility index (Phi) is 4.69. The number of aliphatic imine (C=N–C) groups is 1. The van der Waals surface area contributed by atoms with E-state index in [1.54, 1.807) is 7.11 Å². The number of fused-ring (bicyclic) bond motifs is 1. The second-order valence-corrected chi connectivity index (χ2v) is 7.25. The summed E-state index contributed by atoms with van der Waals surface area (Å²) in [6.45, 7) is 2.02. The molecule has 1 aliphatic rings. The fourth-order valence-electron chi connectivity index (χ4n) is 3.03. The normalized spacial score (nSPS) is 16.9. The summed E-state index contributed by atoms with van der Waals surface area (Å²) in [5.41, 5.74) is 2.84. The quantitative estimate of drug-likeness (QED) is 0.653. The van der Waals surface area contributed by atoms with E-state index in [0.29, 0.717) is 10.1 Å². The van der Waals surface area contributed by atoms with E-state index >= 15 is 0 Å². The molecule has 0 aromatic heterocycles. The third-order valence-electron chi connectivity index (χ3n) is 4.31. The predicted octanol–water partition coefficient (Wildman–Crippen LogP) is 5.05. The molecule has 0 bridgehead atoms. The van der Waals surface area contributed by atoms with Crippen molar-refractivity contribution in [2.75, 3.05) is 7.11 Å². The summed E-state index contributed by atoms with van der Waals surface area (Å²) in [6, 6.07) is 19.9. The summed E-state index contributed by atoms with van der Waals surface area (Å²) in [5, 5.41) is 5.56. The number of hydrogen-bond donors (Lipinski definition) is 1. The molecule has 0 radical (unpaired) electrons. The molecule has 1 amide bonds. The summed E-state index contributed by atoms with van der Waals surface area (Å²) in [6.07, 6.45) is 1.87. The van der Waals surface area contributed by atoms with Gasteiger partial charge in [-0.05, 0) is 59.3 Å². The first-order valence-electron chi connectivity index (χ1n) is 8.56. The molecule has 4 rings (SSSR count). The first-order chi connectivity index (χ1) is 13.1. The predicted molar refractivity (Wildman–Crippen MR) is 112 cm³/mol. The van der Waals surface area contributed by atoms with Crippen LogP contribution in [0.5, 0.6) is 5.75 Å². The van der Waals surface area contributed by atoms with Gasteiger partial charge in [-0.1, -0.05) is 42.5 Å². The van der Waals surface area contributed by atoms with Crippen molar-refractivity contribution < 1.29 is 9.53 Å². The van der Waals surface area contributed by atoms with Crippen molar-refractivity contribution in [3.05, 3.63) is 76.7 Å². The first kappa shape index (κ1) is 17.4. The number of carbonyl (C=O) groups is 1. The smallest absolute Gasteiger partial charge is 0.264 e. The Hall–Kier alpha value is -3.05. The maximum atomic E-state index is 12.5. The van der Waals surface area contributed by atoms with Gasteiger partial charge in [0.15, 0.2) is 5.17 Å². The molecule has 3 aromatic carbocycles. The van der Waals surface area contributed by atoms with Crippen LogP contribution in [0, 0.1) is 6.92 Å². The number of amides is 1. The van der Waals surface area contributed by atoms with Crippen LogP contribution in [0.2, 0.25) is 0 Å². The number of ether oxygens (including phenoxy) is 1. The van der Waals surface area contributed by atoms with Crippen LogP contribution < -0.4 is 10.1 Å². The molecule has 0 spiro atoms. The van der Waals surface area contributed by atoms with E-state index < -0.39 is 0 Å². The number of amidine groups is 1. The van der Waals surface area contributed by atoms with Crippen LogP contribution in [0.15, 0.2) is 70.6 Å². The van der Waals surface area contributed by atoms with E-state index in [2.05, 4.69) is 10.3 Å². The molecular formula is C22H18N2O2S. The lowest BCUT2D eigenvalue weighted by Gasteiger charge is -2.09. The van der Waals surface area contributed by atoms with E-state index in [-0.39, 0.29) is 5.91 Å². The highest BCUT2D eigenvalue weighted by atomic mass is 32.2. The van der Waals surface area contributed by atoms with Gasteiger partial charge in [-0.3, -0.25) is 4.79 Å². The molecule has 1 N–H and O–H groups in total. The molecule has 1 fully saturated rings. The van der Waals surface area contributed by atoms with Gasteiger partial charge in [0.05, 0.1) is 17.7 Å². The maximum Gasteiger partial charge on any atom is 0.264 e. The van der Waals surface area contributed by atoms with Crippen LogP contribution >= 0.6 is 11.8 Å². The average molecular weight is 374 g/mol. The lowest BCUT2D eigenvalue weighted by molar-refractivity contribution is -0.115. The van der Waals surface area contributed by atoms with Crippen molar-refractivity contribution in [2.45, 2.75) is 6.92 Å². The Morgan fingerprint density at radius 1 is 1.07 bits per heavy atom. The van der Waals surface area contributed by atoms with Gasteiger partial charge in [0.2, 0.25) is 0 Å². The number of rotatable bonds is 3. The number of carbonyl (C=O) groups excluding carboxylic acids is 1. The third kappa shape index (κ3) is 3.59. The zero-order valence-corrected chi connectivity index (χ0v) is 15.8. The Morgan fingerprint density at radius 3 is 2.74 bits per heavy atom. The number of hydrogen-bond acceptors (Lipinski definition) is 4. The van der Waals surface area contributed by atoms with Crippen molar-refractivity contribution in [1.82, 2.24) is 5.32 Å². The summed E-state index contributed by atoms with van der Waals surface area (Å²) in [5.74, 6) is 0.583. The van der Waals surface area contributed by atoms with Gasteiger partial charge in [0.25, 0.3) is 5.91 Å². The minimum atomic E-state index is -0.151. The molecule has 3 aromatic rings. The highest BCUT2D eigenvalue weighted by molar-refractivity contribution is 8.18. The van der Waals surface area contributed by atoms with Gasteiger partial charge in [0, 0.05) is 5.56 Å². The van der Waals surface area contributed by atoms with Crippen molar-refractivity contribution in [3.8, 4) is 5.75 Å². The molecule has 5 heteroatoms. The highest BCUT2D eigenvalue weighted by Crippen LogP contribution is 2.34. The fraction of sp³-hybridized carbons (Fsp3) is 0.0909. The van der Waals surface area contributed by atoms with Crippen molar-refractivity contribution in [2.24, 2.45) is 4.99 Å². The number of aryl methyl sites for hydroxylation is 1. The Balaban J connectivity index is 1.73. The lowest BCUT2D eigenvalue weighted by atomic mass is 10.0. The third-order valence-corrected chi connectivity index (χ3v) is 5.22. The Bertz CT molecular complexity index is 1100. The summed E-state index contributed by atoms with van der Waals surface area (Å²) in [7, 11) is 1.64. The second-order valence-electron chi connectivity index (χ2n) is 6.22. The molecule has 1 aliphatic heterocycles. The number of nitrogens with one attached hydrogen (secondary N) is 1. The summed E-state index contributed by atoms with van der Waals surface area (Å²) in [4.78, 5) is 17.6. The van der Waals surface area contributed by atoms with E-state index in [0.717, 1.165) is 33.3 Å². The van der Waals surface area contributed by atoms with Gasteiger partial charge in [-0.15, -0.1) is 0 Å². The molecule has 1 saturated heterocycles. The van der Waals surface area contributed by atoms with Gasteiger partial charge in [-0.25, -0.2) is 4.99 Å². The average Bonchev–Trinajstić information content (AvgIpc) is 3.01. The molecule has 0 unspecified atom stereocenters. The zero-order chi connectivity index (χ0) is 18.8. The van der Waals surface area contributed by atoms with Gasteiger partial charge >= 0.3 is 0 Å². The molecule has 4 nitrogen and oxygen atoms in total. The molecule has 1 heterocycles. The molecule has 134 valence electrons. The maximum absolute atomic E-state index is 12.5. The van der Waals surface area contributed by atoms with Crippen LogP contribution in [0.1, 0.15) is 11.1 Å². The van der Waals surface area contributed by atoms with E-state index in [9.17, 15) is 4.79 Å². The standard InChI is InChI=1S/C22H18N2O2S/c1-14-6-5-8-16(12-14)23-22-24-21(25)20(27-22)13-18-17-9-4-3-7-15(17)10-11-19(18)26-2/h3-13H,1-2H3,(H,23,24,25)/b20-13+. The van der Waals surface area contributed by atoms with Gasteiger partial charge in [0.1, 0.15) is 5.75 Å². The monoisotopic (exact) mass is 374 g/mol.